The minimum atomic E-state index is -1.77. The Hall–Kier alpha value is -3.09. The van der Waals surface area contributed by atoms with Gasteiger partial charge in [0.05, 0.1) is 12.2 Å². The number of anilines is 1. The Balaban J connectivity index is 1.80. The molecule has 31 heavy (non-hydrogen) atoms. The molecule has 0 bridgehead atoms. The second kappa shape index (κ2) is 9.37. The molecule has 1 amide bonds. The Labute approximate surface area is 182 Å². The number of halogens is 1. The highest BCUT2D eigenvalue weighted by molar-refractivity contribution is 5.96. The number of ether oxygens (including phenoxy) is 2. The Morgan fingerprint density at radius 2 is 1.94 bits per heavy atom. The van der Waals surface area contributed by atoms with Gasteiger partial charge in [0.15, 0.2) is 5.78 Å². The van der Waals surface area contributed by atoms with E-state index in [-0.39, 0.29) is 30.4 Å². The fourth-order valence-corrected chi connectivity index (χ4v) is 3.24. The first-order valence-corrected chi connectivity index (χ1v) is 10.4. The molecule has 2 atom stereocenters. The van der Waals surface area contributed by atoms with Crippen LogP contribution >= 0.6 is 0 Å². The van der Waals surface area contributed by atoms with Crippen LogP contribution in [0, 0.1) is 0 Å². The number of Topliss-reactive ketones (excluding diaryl/α,β-unsaturated/α-hetero) is 1. The van der Waals surface area contributed by atoms with Crippen molar-refractivity contribution >= 4 is 17.6 Å². The van der Waals surface area contributed by atoms with Crippen LogP contribution in [0.4, 0.5) is 14.9 Å². The van der Waals surface area contributed by atoms with Gasteiger partial charge < -0.3 is 14.8 Å². The van der Waals surface area contributed by atoms with Crippen molar-refractivity contribution in [1.29, 1.82) is 0 Å². The van der Waals surface area contributed by atoms with Gasteiger partial charge in [0, 0.05) is 24.1 Å². The third-order valence-corrected chi connectivity index (χ3v) is 4.76. The number of fused-ring (bicyclic) bond motifs is 1. The predicted octanol–water partition coefficient (Wildman–Crippen LogP) is 5.36. The largest absolute Gasteiger partial charge is 0.487 e. The fourth-order valence-electron chi connectivity index (χ4n) is 3.24. The molecule has 1 N–H and O–H groups in total. The highest BCUT2D eigenvalue weighted by Crippen LogP contribution is 2.34. The van der Waals surface area contributed by atoms with Crippen molar-refractivity contribution in [3.05, 3.63) is 59.7 Å². The lowest BCUT2D eigenvalue weighted by Gasteiger charge is -2.30. The van der Waals surface area contributed by atoms with Crippen LogP contribution in [0.2, 0.25) is 0 Å². The van der Waals surface area contributed by atoms with Crippen molar-refractivity contribution in [3.63, 3.8) is 0 Å². The van der Waals surface area contributed by atoms with Crippen molar-refractivity contribution < 1.29 is 23.5 Å². The van der Waals surface area contributed by atoms with Crippen molar-refractivity contribution in [2.75, 3.05) is 18.4 Å². The van der Waals surface area contributed by atoms with Gasteiger partial charge in [-0.2, -0.15) is 0 Å². The van der Waals surface area contributed by atoms with Gasteiger partial charge >= 0.3 is 6.09 Å². The number of amides is 1. The van der Waals surface area contributed by atoms with Crippen LogP contribution in [-0.2, 0) is 4.74 Å². The highest BCUT2D eigenvalue weighted by atomic mass is 19.1. The van der Waals surface area contributed by atoms with E-state index in [1.165, 1.54) is 0 Å². The summed E-state index contributed by atoms with van der Waals surface area (Å²) in [5.74, 6) is 0.466. The molecule has 3 rings (SSSR count). The molecule has 1 unspecified atom stereocenters. The molecular formula is C24H29FN2O4. The van der Waals surface area contributed by atoms with E-state index in [2.05, 4.69) is 5.32 Å². The summed E-state index contributed by atoms with van der Waals surface area (Å²) in [6.07, 6.45) is -2.59. The summed E-state index contributed by atoms with van der Waals surface area (Å²) >= 11 is 0. The maximum atomic E-state index is 15.6. The van der Waals surface area contributed by atoms with Gasteiger partial charge in [-0.3, -0.25) is 9.69 Å². The van der Waals surface area contributed by atoms with Gasteiger partial charge in [-0.15, -0.1) is 0 Å². The third-order valence-electron chi connectivity index (χ3n) is 4.76. The predicted molar refractivity (Wildman–Crippen MR) is 117 cm³/mol. The summed E-state index contributed by atoms with van der Waals surface area (Å²) in [7, 11) is 0. The van der Waals surface area contributed by atoms with Gasteiger partial charge in [-0.1, -0.05) is 36.4 Å². The number of nitrogens with one attached hydrogen (secondary N) is 1. The summed E-state index contributed by atoms with van der Waals surface area (Å²) in [4.78, 5) is 26.2. The quantitative estimate of drug-likeness (QED) is 0.496. The van der Waals surface area contributed by atoms with Crippen LogP contribution in [0.1, 0.15) is 56.3 Å². The number of rotatable bonds is 6. The molecule has 1 aliphatic rings. The molecule has 7 heteroatoms. The van der Waals surface area contributed by atoms with Crippen molar-refractivity contribution in [2.45, 2.75) is 52.1 Å². The molecule has 2 aromatic carbocycles. The van der Waals surface area contributed by atoms with Crippen LogP contribution in [0.15, 0.2) is 48.5 Å². The van der Waals surface area contributed by atoms with Gasteiger partial charge in [0.25, 0.3) is 0 Å². The van der Waals surface area contributed by atoms with Crippen molar-refractivity contribution in [3.8, 4) is 5.75 Å². The highest BCUT2D eigenvalue weighted by Gasteiger charge is 2.31. The van der Waals surface area contributed by atoms with E-state index in [0.717, 1.165) is 4.90 Å². The Morgan fingerprint density at radius 3 is 2.61 bits per heavy atom. The second-order valence-corrected chi connectivity index (χ2v) is 8.61. The smallest absolute Gasteiger partial charge is 0.412 e. The summed E-state index contributed by atoms with van der Waals surface area (Å²) in [6.45, 7) is 7.58. The van der Waals surface area contributed by atoms with Crippen LogP contribution in [0.5, 0.6) is 5.75 Å². The first-order valence-electron chi connectivity index (χ1n) is 10.4. The molecule has 0 saturated carbocycles. The van der Waals surface area contributed by atoms with E-state index in [1.807, 2.05) is 13.0 Å². The average Bonchev–Trinajstić information content (AvgIpc) is 2.72. The zero-order chi connectivity index (χ0) is 22.6. The molecule has 2 aromatic rings. The molecule has 6 nitrogen and oxygen atoms in total. The number of alkyl halides is 1. The zero-order valence-corrected chi connectivity index (χ0v) is 18.4. The number of benzene rings is 2. The van der Waals surface area contributed by atoms with Crippen molar-refractivity contribution in [1.82, 2.24) is 4.90 Å². The minimum Gasteiger partial charge on any atom is -0.487 e. The van der Waals surface area contributed by atoms with E-state index in [0.29, 0.717) is 23.5 Å². The first kappa shape index (κ1) is 22.6. The van der Waals surface area contributed by atoms with Gasteiger partial charge in [0.1, 0.15) is 17.5 Å². The molecule has 1 heterocycles. The van der Waals surface area contributed by atoms with Crippen LogP contribution in [0.3, 0.4) is 0 Å². The second-order valence-electron chi connectivity index (χ2n) is 8.61. The molecule has 166 valence electrons. The number of hydrogen-bond donors (Lipinski definition) is 1. The molecule has 0 aliphatic carbocycles. The topological polar surface area (TPSA) is 67.9 Å². The Morgan fingerprint density at radius 1 is 1.23 bits per heavy atom. The summed E-state index contributed by atoms with van der Waals surface area (Å²) < 4.78 is 26.7. The monoisotopic (exact) mass is 428 g/mol. The number of nitrogens with zero attached hydrogens (tertiary/aromatic N) is 1. The Bertz CT molecular complexity index is 927. The van der Waals surface area contributed by atoms with E-state index < -0.39 is 18.0 Å². The molecule has 0 fully saturated rings. The molecule has 0 aromatic heterocycles. The Kier molecular flexibility index (Phi) is 6.83. The third kappa shape index (κ3) is 5.96. The SMILES string of the molecule is C[C@@H]1CNc2cc(C(F)N(CCC(=O)c3ccccc3)C(=O)OC(C)(C)C)ccc2O1. The molecular weight excluding hydrogens is 399 g/mol. The van der Waals surface area contributed by atoms with Crippen molar-refractivity contribution in [2.24, 2.45) is 0 Å². The molecule has 0 spiro atoms. The first-order chi connectivity index (χ1) is 14.6. The van der Waals surface area contributed by atoms with Crippen LogP contribution in [-0.4, -0.2) is 41.6 Å². The van der Waals surface area contributed by atoms with Crippen LogP contribution in [0.25, 0.3) is 0 Å². The average molecular weight is 429 g/mol. The lowest BCUT2D eigenvalue weighted by molar-refractivity contribution is -0.00358. The van der Waals surface area contributed by atoms with E-state index in [9.17, 15) is 9.59 Å². The van der Waals surface area contributed by atoms with E-state index >= 15 is 4.39 Å². The summed E-state index contributed by atoms with van der Waals surface area (Å²) in [5.41, 5.74) is 0.677. The lowest BCUT2D eigenvalue weighted by Crippen LogP contribution is -2.39. The van der Waals surface area contributed by atoms with Gasteiger partial charge in [-0.25, -0.2) is 9.18 Å². The van der Waals surface area contributed by atoms with Gasteiger partial charge in [-0.05, 0) is 39.8 Å². The van der Waals surface area contributed by atoms with Gasteiger partial charge in [0.2, 0.25) is 6.30 Å². The normalized spacial score (nSPS) is 16.4. The lowest BCUT2D eigenvalue weighted by atomic mass is 10.1. The number of carbonyl (C=O) groups excluding carboxylic acids is 2. The molecule has 0 radical (unpaired) electrons. The summed E-state index contributed by atoms with van der Waals surface area (Å²) in [6, 6.07) is 13.6. The maximum Gasteiger partial charge on any atom is 0.412 e. The molecule has 1 aliphatic heterocycles. The fraction of sp³-hybridized carbons (Fsp3) is 0.417. The van der Waals surface area contributed by atoms with E-state index in [4.69, 9.17) is 9.47 Å². The minimum absolute atomic E-state index is 0.0155. The van der Waals surface area contributed by atoms with E-state index in [1.54, 1.807) is 63.2 Å². The zero-order valence-electron chi connectivity index (χ0n) is 18.4. The molecule has 0 saturated heterocycles. The standard InChI is InChI=1S/C24H29FN2O4/c1-16-15-26-19-14-18(10-11-21(19)30-16)22(25)27(23(29)31-24(2,3)4)13-12-20(28)17-8-6-5-7-9-17/h5-11,14,16,22,26H,12-13,15H2,1-4H3/t16-,22?/m1/s1. The number of carbonyl (C=O) groups is 2. The summed E-state index contributed by atoms with van der Waals surface area (Å²) in [5, 5.41) is 3.21. The number of ketones is 1. The maximum absolute atomic E-state index is 15.6. The number of hydrogen-bond acceptors (Lipinski definition) is 5. The van der Waals surface area contributed by atoms with Crippen LogP contribution < -0.4 is 10.1 Å².